The molecular formula is C22H22N6O4S3. The molecule has 0 unspecified atom stereocenters. The average molecular weight is 531 g/mol. The molecule has 10 nitrogen and oxygen atoms in total. The molecule has 4 N–H and O–H groups in total. The van der Waals surface area contributed by atoms with Gasteiger partial charge in [-0.05, 0) is 36.4 Å². The Bertz CT molecular complexity index is 1140. The monoisotopic (exact) mass is 530 g/mol. The van der Waals surface area contributed by atoms with Gasteiger partial charge in [0.25, 0.3) is 0 Å². The summed E-state index contributed by atoms with van der Waals surface area (Å²) in [7, 11) is 0. The molecule has 0 radical (unpaired) electrons. The Hall–Kier alpha value is -3.42. The normalized spacial score (nSPS) is 10.3. The number of amides is 4. The van der Waals surface area contributed by atoms with E-state index >= 15 is 0 Å². The first kappa shape index (κ1) is 26.2. The molecule has 0 aliphatic rings. The maximum absolute atomic E-state index is 12.3. The first-order chi connectivity index (χ1) is 16.8. The predicted molar refractivity (Wildman–Crippen MR) is 140 cm³/mol. The number of aromatic nitrogens is 2. The summed E-state index contributed by atoms with van der Waals surface area (Å²) in [5.74, 6) is -0.561. The summed E-state index contributed by atoms with van der Waals surface area (Å²) < 4.78 is 1.22. The molecule has 1 aromatic heterocycles. The highest BCUT2D eigenvalue weighted by Gasteiger charge is 2.11. The van der Waals surface area contributed by atoms with Crippen molar-refractivity contribution >= 4 is 81.2 Å². The molecule has 4 amide bonds. The molecule has 0 aliphatic carbocycles. The van der Waals surface area contributed by atoms with Gasteiger partial charge in [-0.1, -0.05) is 47.0 Å². The van der Waals surface area contributed by atoms with Gasteiger partial charge in [-0.3, -0.25) is 19.2 Å². The van der Waals surface area contributed by atoms with Crippen LogP contribution in [0.25, 0.3) is 0 Å². The van der Waals surface area contributed by atoms with E-state index < -0.39 is 0 Å². The average Bonchev–Trinajstić information content (AvgIpc) is 3.24. The smallest absolute Gasteiger partial charge is 0.234 e. The Kier molecular flexibility index (Phi) is 9.64. The Morgan fingerprint density at radius 2 is 1.06 bits per heavy atom. The summed E-state index contributed by atoms with van der Waals surface area (Å²) >= 11 is 3.78. The van der Waals surface area contributed by atoms with Gasteiger partial charge in [-0.15, -0.1) is 10.2 Å². The second-order valence-corrected chi connectivity index (χ2v) is 10.5. The molecule has 3 aromatic rings. The fourth-order valence-corrected chi connectivity index (χ4v) is 5.34. The third-order valence-electron chi connectivity index (χ3n) is 3.97. The minimum absolute atomic E-state index is 0.134. The molecule has 2 aromatic carbocycles. The third kappa shape index (κ3) is 9.39. The molecule has 3 rings (SSSR count). The number of thioether (sulfide) groups is 2. The van der Waals surface area contributed by atoms with Crippen LogP contribution in [0.1, 0.15) is 13.8 Å². The van der Waals surface area contributed by atoms with Crippen LogP contribution in [-0.4, -0.2) is 45.3 Å². The van der Waals surface area contributed by atoms with Gasteiger partial charge in [0.15, 0.2) is 8.68 Å². The van der Waals surface area contributed by atoms with Crippen LogP contribution in [0.2, 0.25) is 0 Å². The second-order valence-electron chi connectivity index (χ2n) is 7.03. The van der Waals surface area contributed by atoms with Gasteiger partial charge in [0, 0.05) is 36.6 Å². The molecular weight excluding hydrogens is 508 g/mol. The zero-order valence-corrected chi connectivity index (χ0v) is 21.2. The van der Waals surface area contributed by atoms with Crippen molar-refractivity contribution < 1.29 is 19.2 Å². The minimum atomic E-state index is -0.222. The molecule has 0 fully saturated rings. The summed E-state index contributed by atoms with van der Waals surface area (Å²) in [5, 5.41) is 19.0. The zero-order valence-electron chi connectivity index (χ0n) is 18.8. The number of hydrogen-bond acceptors (Lipinski definition) is 9. The van der Waals surface area contributed by atoms with Crippen molar-refractivity contribution in [2.75, 3.05) is 32.8 Å². The number of nitrogens with zero attached hydrogens (tertiary/aromatic N) is 2. The number of carbonyl (C=O) groups is 4. The Morgan fingerprint density at radius 1 is 0.686 bits per heavy atom. The van der Waals surface area contributed by atoms with Crippen molar-refractivity contribution in [3.05, 3.63) is 48.5 Å². The Balaban J connectivity index is 1.42. The summed E-state index contributed by atoms with van der Waals surface area (Å²) in [4.78, 5) is 46.8. The number of carbonyl (C=O) groups excluding carboxylic acids is 4. The van der Waals surface area contributed by atoms with Crippen molar-refractivity contribution in [3.63, 3.8) is 0 Å². The third-order valence-corrected chi connectivity index (χ3v) is 7.16. The van der Waals surface area contributed by atoms with Gasteiger partial charge >= 0.3 is 0 Å². The lowest BCUT2D eigenvalue weighted by molar-refractivity contribution is -0.115. The van der Waals surface area contributed by atoms with Crippen LogP contribution in [0.15, 0.2) is 57.2 Å². The Labute approximate surface area is 214 Å². The van der Waals surface area contributed by atoms with Crippen molar-refractivity contribution in [2.45, 2.75) is 22.5 Å². The number of hydrogen-bond donors (Lipinski definition) is 4. The van der Waals surface area contributed by atoms with E-state index in [1.165, 1.54) is 48.7 Å². The van der Waals surface area contributed by atoms with Crippen LogP contribution >= 0.6 is 34.9 Å². The van der Waals surface area contributed by atoms with E-state index in [9.17, 15) is 19.2 Å². The summed E-state index contributed by atoms with van der Waals surface area (Å²) in [6.45, 7) is 2.83. The van der Waals surface area contributed by atoms with E-state index in [4.69, 9.17) is 0 Å². The second kappa shape index (κ2) is 12.9. The quantitative estimate of drug-likeness (QED) is 0.289. The lowest BCUT2D eigenvalue weighted by atomic mass is 10.2. The van der Waals surface area contributed by atoms with Crippen molar-refractivity contribution in [1.29, 1.82) is 0 Å². The highest BCUT2D eigenvalue weighted by atomic mass is 32.2. The first-order valence-electron chi connectivity index (χ1n) is 10.2. The van der Waals surface area contributed by atoms with Gasteiger partial charge in [-0.25, -0.2) is 0 Å². The van der Waals surface area contributed by atoms with Gasteiger partial charge in [0.1, 0.15) is 0 Å². The molecule has 0 saturated heterocycles. The fraction of sp³-hybridized carbons (Fsp3) is 0.182. The van der Waals surface area contributed by atoms with Gasteiger partial charge in [0.05, 0.1) is 11.5 Å². The van der Waals surface area contributed by atoms with Crippen molar-refractivity contribution in [2.24, 2.45) is 0 Å². The van der Waals surface area contributed by atoms with Crippen LogP contribution in [0.5, 0.6) is 0 Å². The highest BCUT2D eigenvalue weighted by Crippen LogP contribution is 2.29. The fourth-order valence-electron chi connectivity index (χ4n) is 2.72. The van der Waals surface area contributed by atoms with E-state index in [1.807, 2.05) is 0 Å². The van der Waals surface area contributed by atoms with E-state index in [0.29, 0.717) is 31.4 Å². The maximum Gasteiger partial charge on any atom is 0.234 e. The van der Waals surface area contributed by atoms with E-state index in [1.54, 1.807) is 48.5 Å². The molecule has 35 heavy (non-hydrogen) atoms. The lowest BCUT2D eigenvalue weighted by Gasteiger charge is -2.07. The lowest BCUT2D eigenvalue weighted by Crippen LogP contribution is -2.14. The van der Waals surface area contributed by atoms with E-state index in [2.05, 4.69) is 31.5 Å². The van der Waals surface area contributed by atoms with Crippen LogP contribution in [0.3, 0.4) is 0 Å². The molecule has 0 aliphatic heterocycles. The van der Waals surface area contributed by atoms with Crippen LogP contribution in [0.4, 0.5) is 22.7 Å². The van der Waals surface area contributed by atoms with Gasteiger partial charge in [0.2, 0.25) is 23.6 Å². The molecule has 0 spiro atoms. The van der Waals surface area contributed by atoms with E-state index in [0.717, 1.165) is 0 Å². The topological polar surface area (TPSA) is 142 Å². The summed E-state index contributed by atoms with van der Waals surface area (Å²) in [6, 6.07) is 13.7. The largest absolute Gasteiger partial charge is 0.326 e. The predicted octanol–water partition coefficient (Wildman–Crippen LogP) is 3.92. The number of benzene rings is 2. The summed E-state index contributed by atoms with van der Waals surface area (Å²) in [5.41, 5.74) is 2.34. The maximum atomic E-state index is 12.3. The van der Waals surface area contributed by atoms with Gasteiger partial charge in [-0.2, -0.15) is 0 Å². The van der Waals surface area contributed by atoms with E-state index in [-0.39, 0.29) is 35.1 Å². The SMILES string of the molecule is CC(=O)Nc1cccc(NC(=O)CSc2nnc(SCC(=O)Nc3cccc(NC(C)=O)c3)s2)c1. The Morgan fingerprint density at radius 3 is 1.43 bits per heavy atom. The highest BCUT2D eigenvalue weighted by molar-refractivity contribution is 8.03. The number of nitrogens with one attached hydrogen (secondary N) is 4. The van der Waals surface area contributed by atoms with Crippen molar-refractivity contribution in [1.82, 2.24) is 10.2 Å². The van der Waals surface area contributed by atoms with Crippen LogP contribution in [0, 0.1) is 0 Å². The molecule has 0 bridgehead atoms. The van der Waals surface area contributed by atoms with Crippen molar-refractivity contribution in [3.8, 4) is 0 Å². The molecule has 0 atom stereocenters. The molecule has 13 heteroatoms. The molecule has 1 heterocycles. The molecule has 0 saturated carbocycles. The molecule has 182 valence electrons. The minimum Gasteiger partial charge on any atom is -0.326 e. The summed E-state index contributed by atoms with van der Waals surface area (Å²) in [6.07, 6.45) is 0. The van der Waals surface area contributed by atoms with Gasteiger partial charge < -0.3 is 21.3 Å². The number of anilines is 4. The van der Waals surface area contributed by atoms with Crippen LogP contribution in [-0.2, 0) is 19.2 Å². The standard InChI is InChI=1S/C22H22N6O4S3/c1-13(29)23-15-5-3-7-17(9-15)25-19(31)11-33-21-27-28-22(35-21)34-12-20(32)26-18-8-4-6-16(10-18)24-14(2)30/h3-10H,11-12H2,1-2H3,(H,23,29)(H,24,30)(H,25,31)(H,26,32). The first-order valence-corrected chi connectivity index (χ1v) is 13.0. The number of rotatable bonds is 10. The zero-order chi connectivity index (χ0) is 25.2. The van der Waals surface area contributed by atoms with Crippen LogP contribution < -0.4 is 21.3 Å².